The molecular formula is C23H21N3O4S. The Labute approximate surface area is 180 Å². The Morgan fingerprint density at radius 3 is 2.29 bits per heavy atom. The number of nitrogens with one attached hydrogen (secondary N) is 3. The maximum absolute atomic E-state index is 13.1. The smallest absolute Gasteiger partial charge is 0.247 e. The van der Waals surface area contributed by atoms with Crippen molar-refractivity contribution in [1.29, 1.82) is 0 Å². The van der Waals surface area contributed by atoms with Crippen LogP contribution in [-0.4, -0.2) is 20.2 Å². The van der Waals surface area contributed by atoms with E-state index >= 15 is 0 Å². The molecule has 0 bridgehead atoms. The highest BCUT2D eigenvalue weighted by atomic mass is 32.2. The number of carbonyl (C=O) groups is 2. The van der Waals surface area contributed by atoms with E-state index in [0.29, 0.717) is 29.8 Å². The van der Waals surface area contributed by atoms with E-state index in [-0.39, 0.29) is 10.8 Å². The highest BCUT2D eigenvalue weighted by Crippen LogP contribution is 2.27. The molecule has 1 aliphatic rings. The van der Waals surface area contributed by atoms with E-state index in [0.717, 1.165) is 5.56 Å². The molecule has 0 saturated carbocycles. The van der Waals surface area contributed by atoms with Gasteiger partial charge in [0.05, 0.1) is 4.90 Å². The number of hydrogen-bond acceptors (Lipinski definition) is 4. The van der Waals surface area contributed by atoms with Gasteiger partial charge in [-0.15, -0.1) is 0 Å². The number of fused-ring (bicyclic) bond motifs is 1. The number of benzene rings is 3. The van der Waals surface area contributed by atoms with Gasteiger partial charge in [-0.05, 0) is 47.9 Å². The number of aryl methyl sites for hydroxylation is 1. The van der Waals surface area contributed by atoms with Crippen molar-refractivity contribution in [2.75, 3.05) is 10.6 Å². The molecular weight excluding hydrogens is 414 g/mol. The van der Waals surface area contributed by atoms with Crippen LogP contribution >= 0.6 is 0 Å². The Balaban J connectivity index is 1.63. The predicted molar refractivity (Wildman–Crippen MR) is 118 cm³/mol. The van der Waals surface area contributed by atoms with Crippen molar-refractivity contribution in [3.8, 4) is 0 Å². The summed E-state index contributed by atoms with van der Waals surface area (Å²) in [6.45, 7) is 0. The van der Waals surface area contributed by atoms with Gasteiger partial charge in [0.1, 0.15) is 6.04 Å². The lowest BCUT2D eigenvalue weighted by Gasteiger charge is -2.21. The third kappa shape index (κ3) is 4.82. The molecule has 7 nitrogen and oxygen atoms in total. The number of anilines is 2. The number of hydrogen-bond donors (Lipinski definition) is 3. The molecule has 1 aliphatic heterocycles. The molecule has 1 heterocycles. The molecule has 1 atom stereocenters. The van der Waals surface area contributed by atoms with Crippen LogP contribution in [0.2, 0.25) is 0 Å². The average molecular weight is 436 g/mol. The molecule has 3 aromatic carbocycles. The first kappa shape index (κ1) is 20.8. The van der Waals surface area contributed by atoms with Crippen molar-refractivity contribution in [2.45, 2.75) is 23.8 Å². The Morgan fingerprint density at radius 2 is 1.58 bits per heavy atom. The molecule has 0 aliphatic carbocycles. The molecule has 2 amide bonds. The first-order valence-corrected chi connectivity index (χ1v) is 11.3. The van der Waals surface area contributed by atoms with Crippen LogP contribution in [0.15, 0.2) is 83.8 Å². The lowest BCUT2D eigenvalue weighted by molar-refractivity contribution is -0.118. The summed E-state index contributed by atoms with van der Waals surface area (Å²) in [6, 6.07) is 20.9. The summed E-state index contributed by atoms with van der Waals surface area (Å²) in [4.78, 5) is 24.6. The van der Waals surface area contributed by atoms with Crippen LogP contribution < -0.4 is 15.4 Å². The molecule has 3 N–H and O–H groups in total. The van der Waals surface area contributed by atoms with E-state index in [2.05, 4.69) is 15.4 Å². The standard InChI is InChI=1S/C23H21N3O4S/c27-21-14-11-17-15-19(12-13-20(17)25-21)31(29,30)26-22(16-7-3-1-4-8-16)23(28)24-18-9-5-2-6-10-18/h1-10,12-13,15,22,26H,11,14H2,(H,24,28)(H,25,27). The highest BCUT2D eigenvalue weighted by Gasteiger charge is 2.28. The Hall–Kier alpha value is -3.49. The Bertz CT molecular complexity index is 1210. The highest BCUT2D eigenvalue weighted by molar-refractivity contribution is 7.89. The fourth-order valence-electron chi connectivity index (χ4n) is 3.40. The van der Waals surface area contributed by atoms with Crippen molar-refractivity contribution in [2.24, 2.45) is 0 Å². The number of para-hydroxylation sites is 1. The van der Waals surface area contributed by atoms with E-state index in [1.807, 2.05) is 6.07 Å². The van der Waals surface area contributed by atoms with E-state index in [1.54, 1.807) is 60.7 Å². The lowest BCUT2D eigenvalue weighted by Crippen LogP contribution is -2.37. The topological polar surface area (TPSA) is 104 Å². The van der Waals surface area contributed by atoms with Crippen LogP contribution in [0.5, 0.6) is 0 Å². The normalized spacial score (nSPS) is 14.3. The molecule has 0 aromatic heterocycles. The van der Waals surface area contributed by atoms with Gasteiger partial charge in [0.25, 0.3) is 0 Å². The monoisotopic (exact) mass is 435 g/mol. The van der Waals surface area contributed by atoms with Crippen LogP contribution in [0.3, 0.4) is 0 Å². The van der Waals surface area contributed by atoms with Crippen LogP contribution in [-0.2, 0) is 26.0 Å². The second-order valence-electron chi connectivity index (χ2n) is 7.19. The number of amides is 2. The summed E-state index contributed by atoms with van der Waals surface area (Å²) >= 11 is 0. The molecule has 0 fully saturated rings. The van der Waals surface area contributed by atoms with Crippen molar-refractivity contribution in [3.63, 3.8) is 0 Å². The van der Waals surface area contributed by atoms with Gasteiger partial charge in [-0.2, -0.15) is 4.72 Å². The van der Waals surface area contributed by atoms with E-state index < -0.39 is 22.0 Å². The minimum Gasteiger partial charge on any atom is -0.326 e. The summed E-state index contributed by atoms with van der Waals surface area (Å²) in [5.74, 6) is -0.589. The first-order valence-electron chi connectivity index (χ1n) is 9.78. The van der Waals surface area contributed by atoms with Gasteiger partial charge in [-0.1, -0.05) is 48.5 Å². The van der Waals surface area contributed by atoms with Gasteiger partial charge in [-0.25, -0.2) is 8.42 Å². The zero-order valence-corrected chi connectivity index (χ0v) is 17.4. The molecule has 8 heteroatoms. The molecule has 3 aromatic rings. The van der Waals surface area contributed by atoms with Gasteiger partial charge in [0.2, 0.25) is 21.8 Å². The van der Waals surface area contributed by atoms with Crippen LogP contribution in [0.25, 0.3) is 0 Å². The first-order chi connectivity index (χ1) is 14.9. The van der Waals surface area contributed by atoms with Crippen molar-refractivity contribution >= 4 is 33.2 Å². The fraction of sp³-hybridized carbons (Fsp3) is 0.130. The Morgan fingerprint density at radius 1 is 0.903 bits per heavy atom. The van der Waals surface area contributed by atoms with Crippen molar-refractivity contribution in [3.05, 3.63) is 90.0 Å². The Kier molecular flexibility index (Phi) is 5.83. The second kappa shape index (κ2) is 8.71. The summed E-state index contributed by atoms with van der Waals surface area (Å²) in [5.41, 5.74) is 2.44. The van der Waals surface area contributed by atoms with Gasteiger partial charge in [0, 0.05) is 17.8 Å². The lowest BCUT2D eigenvalue weighted by atomic mass is 10.0. The van der Waals surface area contributed by atoms with E-state index in [9.17, 15) is 18.0 Å². The number of sulfonamides is 1. The van der Waals surface area contributed by atoms with E-state index in [4.69, 9.17) is 0 Å². The third-order valence-electron chi connectivity index (χ3n) is 4.99. The fourth-order valence-corrected chi connectivity index (χ4v) is 4.64. The predicted octanol–water partition coefficient (Wildman–Crippen LogP) is 3.23. The number of rotatable bonds is 6. The van der Waals surface area contributed by atoms with Gasteiger partial charge >= 0.3 is 0 Å². The van der Waals surface area contributed by atoms with Crippen LogP contribution in [0, 0.1) is 0 Å². The maximum Gasteiger partial charge on any atom is 0.247 e. The van der Waals surface area contributed by atoms with E-state index in [1.165, 1.54) is 12.1 Å². The summed E-state index contributed by atoms with van der Waals surface area (Å²) in [6.07, 6.45) is 0.761. The van der Waals surface area contributed by atoms with Crippen molar-refractivity contribution in [1.82, 2.24) is 4.72 Å². The summed E-state index contributed by atoms with van der Waals surface area (Å²) < 4.78 is 28.8. The van der Waals surface area contributed by atoms with Gasteiger partial charge < -0.3 is 10.6 Å². The summed E-state index contributed by atoms with van der Waals surface area (Å²) in [5, 5.41) is 5.49. The molecule has 158 valence electrons. The second-order valence-corrected chi connectivity index (χ2v) is 8.90. The molecule has 1 unspecified atom stereocenters. The SMILES string of the molecule is O=C1CCc2cc(S(=O)(=O)NC(C(=O)Nc3ccccc3)c3ccccc3)ccc2N1. The van der Waals surface area contributed by atoms with Crippen LogP contribution in [0.4, 0.5) is 11.4 Å². The zero-order valence-electron chi connectivity index (χ0n) is 16.5. The number of carbonyl (C=O) groups excluding carboxylic acids is 2. The molecule has 31 heavy (non-hydrogen) atoms. The quantitative estimate of drug-likeness (QED) is 0.553. The minimum atomic E-state index is -4.02. The van der Waals surface area contributed by atoms with Gasteiger partial charge in [-0.3, -0.25) is 9.59 Å². The molecule has 4 rings (SSSR count). The van der Waals surface area contributed by atoms with Crippen molar-refractivity contribution < 1.29 is 18.0 Å². The average Bonchev–Trinajstić information content (AvgIpc) is 2.78. The maximum atomic E-state index is 13.1. The molecule has 0 saturated heterocycles. The summed E-state index contributed by atoms with van der Waals surface area (Å²) in [7, 11) is -4.02. The zero-order chi connectivity index (χ0) is 21.8. The largest absolute Gasteiger partial charge is 0.326 e. The third-order valence-corrected chi connectivity index (χ3v) is 6.41. The van der Waals surface area contributed by atoms with Gasteiger partial charge in [0.15, 0.2) is 0 Å². The van der Waals surface area contributed by atoms with Crippen LogP contribution in [0.1, 0.15) is 23.6 Å². The molecule has 0 spiro atoms. The minimum absolute atomic E-state index is 0.0378. The molecule has 0 radical (unpaired) electrons.